The van der Waals surface area contributed by atoms with Crippen LogP contribution in [0.2, 0.25) is 0 Å². The molecular formula is C15H18I2N4O3S. The summed E-state index contributed by atoms with van der Waals surface area (Å²) >= 11 is 4.32. The molecule has 0 unspecified atom stereocenters. The molecule has 3 heterocycles. The summed E-state index contributed by atoms with van der Waals surface area (Å²) in [7, 11) is -3.22. The number of fused-ring (bicyclic) bond motifs is 1. The summed E-state index contributed by atoms with van der Waals surface area (Å²) in [6, 6.07) is 2.16. The van der Waals surface area contributed by atoms with Gasteiger partial charge < -0.3 is 9.64 Å². The van der Waals surface area contributed by atoms with Crippen molar-refractivity contribution in [2.45, 2.75) is 30.6 Å². The molecule has 1 saturated carbocycles. The van der Waals surface area contributed by atoms with Gasteiger partial charge in [0, 0.05) is 41.0 Å². The third-order valence-electron chi connectivity index (χ3n) is 5.07. The molecule has 2 aromatic heterocycles. The Kier molecular flexibility index (Phi) is 4.48. The molecular weight excluding hydrogens is 570 g/mol. The third kappa shape index (κ3) is 2.87. The Morgan fingerprint density at radius 2 is 2.08 bits per heavy atom. The maximum absolute atomic E-state index is 12.5. The molecule has 0 spiro atoms. The molecule has 1 aliphatic carbocycles. The summed E-state index contributed by atoms with van der Waals surface area (Å²) < 4.78 is 33.1. The Bertz CT molecular complexity index is 955. The number of imidazole rings is 1. The van der Waals surface area contributed by atoms with Crippen LogP contribution in [0.4, 0.5) is 5.82 Å². The minimum atomic E-state index is -3.22. The summed E-state index contributed by atoms with van der Waals surface area (Å²) in [5.41, 5.74) is 1.65. The van der Waals surface area contributed by atoms with E-state index in [1.807, 2.05) is 6.07 Å². The predicted octanol–water partition coefficient (Wildman–Crippen LogP) is 2.20. The highest BCUT2D eigenvalue weighted by Crippen LogP contribution is 2.54. The molecule has 0 N–H and O–H groups in total. The van der Waals surface area contributed by atoms with Gasteiger partial charge in [0.15, 0.2) is 13.7 Å². The van der Waals surface area contributed by atoms with Crippen molar-refractivity contribution in [2.75, 3.05) is 30.9 Å². The van der Waals surface area contributed by atoms with Crippen LogP contribution < -0.4 is 4.90 Å². The molecule has 2 aliphatic rings. The number of sulfone groups is 1. The van der Waals surface area contributed by atoms with Gasteiger partial charge in [-0.2, -0.15) is 0 Å². The van der Waals surface area contributed by atoms with Gasteiger partial charge in [-0.15, -0.1) is 5.10 Å². The lowest BCUT2D eigenvalue weighted by Gasteiger charge is -2.34. The number of hydrogen-bond acceptors (Lipinski definition) is 6. The van der Waals surface area contributed by atoms with Crippen LogP contribution in [0.1, 0.15) is 25.3 Å². The lowest BCUT2D eigenvalue weighted by atomic mass is 10.1. The Morgan fingerprint density at radius 3 is 2.68 bits per heavy atom. The van der Waals surface area contributed by atoms with Crippen molar-refractivity contribution in [3.8, 4) is 0 Å². The minimum absolute atomic E-state index is 0.195. The van der Waals surface area contributed by atoms with Gasteiger partial charge in [-0.3, -0.25) is 0 Å². The van der Waals surface area contributed by atoms with Crippen LogP contribution >= 0.6 is 45.2 Å². The molecule has 1 saturated heterocycles. The van der Waals surface area contributed by atoms with Crippen molar-refractivity contribution < 1.29 is 13.2 Å². The maximum atomic E-state index is 12.5. The zero-order valence-electron chi connectivity index (χ0n) is 13.9. The fourth-order valence-corrected chi connectivity index (χ4v) is 6.71. The molecule has 10 heteroatoms. The van der Waals surface area contributed by atoms with E-state index >= 15 is 0 Å². The van der Waals surface area contributed by atoms with Crippen LogP contribution in [-0.2, 0) is 19.3 Å². The molecule has 0 bridgehead atoms. The fraction of sp³-hybridized carbons (Fsp3) is 0.600. The number of anilines is 1. The Labute approximate surface area is 173 Å². The second kappa shape index (κ2) is 6.16. The maximum Gasteiger partial charge on any atom is 0.193 e. The molecule has 0 radical (unpaired) electrons. The van der Waals surface area contributed by atoms with E-state index in [1.165, 1.54) is 6.26 Å². The van der Waals surface area contributed by atoms with Gasteiger partial charge in [0.1, 0.15) is 15.0 Å². The minimum Gasteiger partial charge on any atom is -0.377 e. The van der Waals surface area contributed by atoms with Crippen molar-refractivity contribution in [1.82, 2.24) is 14.6 Å². The van der Waals surface area contributed by atoms with E-state index in [0.717, 1.165) is 31.0 Å². The topological polar surface area (TPSA) is 76.8 Å². The Balaban J connectivity index is 1.98. The van der Waals surface area contributed by atoms with Gasteiger partial charge in [-0.05, 0) is 48.4 Å². The van der Waals surface area contributed by atoms with Gasteiger partial charge in [-0.1, -0.05) is 0 Å². The summed E-state index contributed by atoms with van der Waals surface area (Å²) in [6.45, 7) is 4.13. The monoisotopic (exact) mass is 588 g/mol. The van der Waals surface area contributed by atoms with E-state index in [1.54, 1.807) is 4.52 Å². The number of aromatic nitrogens is 3. The second-order valence-electron chi connectivity index (χ2n) is 6.73. The number of ether oxygens (including phenoxy) is 1. The Hall–Kier alpha value is -0.210. The van der Waals surface area contributed by atoms with Gasteiger partial charge in [0.05, 0.1) is 24.0 Å². The van der Waals surface area contributed by atoms with Gasteiger partial charge in [-0.25, -0.2) is 17.9 Å². The standard InChI is InChI=1S/C15H18I2N4O3S/c1-9-8-24-6-5-20(9)11-7-10(15(3-4-15)25(2,22)23)12-13(16)18-14(17)21(12)19-11/h7,9H,3-6,8H2,1-2H3/t9-/m1/s1. The molecule has 4 rings (SSSR count). The molecule has 0 aromatic carbocycles. The molecule has 136 valence electrons. The van der Waals surface area contributed by atoms with Gasteiger partial charge >= 0.3 is 0 Å². The smallest absolute Gasteiger partial charge is 0.193 e. The van der Waals surface area contributed by atoms with E-state index in [4.69, 9.17) is 9.84 Å². The van der Waals surface area contributed by atoms with Crippen molar-refractivity contribution in [3.05, 3.63) is 19.2 Å². The van der Waals surface area contributed by atoms with Crippen molar-refractivity contribution in [3.63, 3.8) is 0 Å². The molecule has 7 nitrogen and oxygen atoms in total. The van der Waals surface area contributed by atoms with E-state index in [0.29, 0.717) is 26.1 Å². The molecule has 25 heavy (non-hydrogen) atoms. The molecule has 2 aromatic rings. The summed E-state index contributed by atoms with van der Waals surface area (Å²) in [6.07, 6.45) is 2.64. The van der Waals surface area contributed by atoms with E-state index in [9.17, 15) is 8.42 Å². The number of hydrogen-bond donors (Lipinski definition) is 0. The number of nitrogens with zero attached hydrogens (tertiary/aromatic N) is 4. The first-order valence-electron chi connectivity index (χ1n) is 8.04. The quantitative estimate of drug-likeness (QED) is 0.513. The fourth-order valence-electron chi connectivity index (χ4n) is 3.51. The highest BCUT2D eigenvalue weighted by molar-refractivity contribution is 14.1. The zero-order chi connectivity index (χ0) is 18.0. The van der Waals surface area contributed by atoms with Crippen molar-refractivity contribution >= 4 is 66.4 Å². The average Bonchev–Trinajstić information content (AvgIpc) is 3.30. The van der Waals surface area contributed by atoms with Gasteiger partial charge in [0.25, 0.3) is 0 Å². The summed E-state index contributed by atoms with van der Waals surface area (Å²) in [4.78, 5) is 6.70. The molecule has 2 fully saturated rings. The Morgan fingerprint density at radius 1 is 1.36 bits per heavy atom. The SMILES string of the molecule is C[C@@H]1COCCN1c1cc(C2(S(C)(=O)=O)CC2)c2c(I)nc(I)n2n1. The molecule has 1 aliphatic heterocycles. The highest BCUT2D eigenvalue weighted by atomic mass is 127. The van der Waals surface area contributed by atoms with Crippen molar-refractivity contribution in [2.24, 2.45) is 0 Å². The normalized spacial score (nSPS) is 23.2. The van der Waals surface area contributed by atoms with Crippen LogP contribution in [0, 0.1) is 7.53 Å². The van der Waals surface area contributed by atoms with E-state index < -0.39 is 14.6 Å². The highest BCUT2D eigenvalue weighted by Gasteiger charge is 2.55. The molecule has 0 amide bonds. The zero-order valence-corrected chi connectivity index (χ0v) is 19.0. The third-order valence-corrected chi connectivity index (χ3v) is 8.57. The summed E-state index contributed by atoms with van der Waals surface area (Å²) in [5, 5.41) is 4.77. The van der Waals surface area contributed by atoms with Crippen LogP contribution in [0.15, 0.2) is 6.07 Å². The second-order valence-corrected chi connectivity index (χ2v) is 11.0. The van der Waals surface area contributed by atoms with Gasteiger partial charge in [0.2, 0.25) is 0 Å². The van der Waals surface area contributed by atoms with Crippen LogP contribution in [0.3, 0.4) is 0 Å². The van der Waals surface area contributed by atoms with Crippen molar-refractivity contribution in [1.29, 1.82) is 0 Å². The first-order chi connectivity index (χ1) is 11.7. The van der Waals surface area contributed by atoms with Crippen LogP contribution in [-0.4, -0.2) is 55.1 Å². The van der Waals surface area contributed by atoms with E-state index in [2.05, 4.69) is 62.0 Å². The predicted molar refractivity (Wildman–Crippen MR) is 112 cm³/mol. The first-order valence-corrected chi connectivity index (χ1v) is 12.1. The average molecular weight is 588 g/mol. The molecule has 1 atom stereocenters. The van der Waals surface area contributed by atoms with Crippen LogP contribution in [0.25, 0.3) is 5.52 Å². The summed E-state index contributed by atoms with van der Waals surface area (Å²) in [5.74, 6) is 0.792. The number of halogens is 2. The first kappa shape index (κ1) is 18.2. The number of rotatable bonds is 3. The van der Waals surface area contributed by atoms with Crippen LogP contribution in [0.5, 0.6) is 0 Å². The van der Waals surface area contributed by atoms with E-state index in [-0.39, 0.29) is 6.04 Å². The number of morpholine rings is 1. The lowest BCUT2D eigenvalue weighted by Crippen LogP contribution is -2.44. The largest absolute Gasteiger partial charge is 0.377 e. The lowest BCUT2D eigenvalue weighted by molar-refractivity contribution is 0.0984.